The first-order chi connectivity index (χ1) is 11.2. The lowest BCUT2D eigenvalue weighted by Gasteiger charge is -2.37. The summed E-state index contributed by atoms with van der Waals surface area (Å²) in [6, 6.07) is 3.91. The van der Waals surface area contributed by atoms with E-state index in [1.807, 2.05) is 11.0 Å². The molecule has 2 unspecified atom stereocenters. The average molecular weight is 338 g/mol. The number of benzene rings is 1. The van der Waals surface area contributed by atoms with Gasteiger partial charge in [0.2, 0.25) is 5.91 Å². The van der Waals surface area contributed by atoms with Crippen LogP contribution in [-0.2, 0) is 16.0 Å². The second-order valence-electron chi connectivity index (χ2n) is 6.27. The van der Waals surface area contributed by atoms with Gasteiger partial charge in [-0.05, 0) is 37.0 Å². The Morgan fingerprint density at radius 1 is 1.22 bits per heavy atom. The van der Waals surface area contributed by atoms with Gasteiger partial charge < -0.3 is 19.1 Å². The van der Waals surface area contributed by atoms with Crippen molar-refractivity contribution in [2.45, 2.75) is 37.8 Å². The Morgan fingerprint density at radius 3 is 3.00 bits per heavy atom. The molecule has 0 spiro atoms. The number of amides is 1. The van der Waals surface area contributed by atoms with Gasteiger partial charge in [0.25, 0.3) is 0 Å². The van der Waals surface area contributed by atoms with E-state index < -0.39 is 0 Å². The number of carbonyl (C=O) groups is 1. The minimum absolute atomic E-state index is 0.137. The van der Waals surface area contributed by atoms with Crippen molar-refractivity contribution < 1.29 is 19.0 Å². The van der Waals surface area contributed by atoms with Crippen LogP contribution in [0.1, 0.15) is 24.8 Å². The van der Waals surface area contributed by atoms with Crippen LogP contribution < -0.4 is 9.47 Å². The highest BCUT2D eigenvalue weighted by atomic mass is 35.5. The molecule has 0 N–H and O–H groups in total. The number of ether oxygens (including phenoxy) is 3. The SMILES string of the molecule is O=C(Cc1cc(Cl)c2c(c1)OCCO2)N1CCOC2CCCC21. The van der Waals surface area contributed by atoms with Crippen molar-refractivity contribution in [1.29, 1.82) is 0 Å². The van der Waals surface area contributed by atoms with Crippen molar-refractivity contribution in [2.24, 2.45) is 0 Å². The van der Waals surface area contributed by atoms with Crippen LogP contribution in [0, 0.1) is 0 Å². The topological polar surface area (TPSA) is 48.0 Å². The molecule has 6 heteroatoms. The molecule has 0 bridgehead atoms. The number of carbonyl (C=O) groups excluding carboxylic acids is 1. The number of morpholine rings is 1. The van der Waals surface area contributed by atoms with Crippen molar-refractivity contribution in [3.8, 4) is 11.5 Å². The minimum Gasteiger partial charge on any atom is -0.486 e. The summed E-state index contributed by atoms with van der Waals surface area (Å²) in [6.45, 7) is 2.32. The number of hydrogen-bond acceptors (Lipinski definition) is 4. The molecule has 2 atom stereocenters. The molecule has 1 amide bonds. The van der Waals surface area contributed by atoms with E-state index in [0.29, 0.717) is 49.3 Å². The molecule has 2 heterocycles. The first-order valence-electron chi connectivity index (χ1n) is 8.21. The molecule has 3 aliphatic rings. The zero-order valence-corrected chi connectivity index (χ0v) is 13.7. The minimum atomic E-state index is 0.137. The molecular formula is C17H20ClNO4. The van der Waals surface area contributed by atoms with Crippen molar-refractivity contribution in [3.05, 3.63) is 22.7 Å². The van der Waals surface area contributed by atoms with Crippen LogP contribution in [0.2, 0.25) is 5.02 Å². The Bertz CT molecular complexity index is 621. The van der Waals surface area contributed by atoms with Gasteiger partial charge in [0.15, 0.2) is 11.5 Å². The van der Waals surface area contributed by atoms with E-state index in [9.17, 15) is 4.79 Å². The van der Waals surface area contributed by atoms with Crippen molar-refractivity contribution in [2.75, 3.05) is 26.4 Å². The highest BCUT2D eigenvalue weighted by Gasteiger charge is 2.38. The molecule has 23 heavy (non-hydrogen) atoms. The van der Waals surface area contributed by atoms with Crippen LogP contribution in [0.4, 0.5) is 0 Å². The maximum atomic E-state index is 12.7. The third-order valence-electron chi connectivity index (χ3n) is 4.81. The quantitative estimate of drug-likeness (QED) is 0.831. The van der Waals surface area contributed by atoms with Gasteiger partial charge in [-0.25, -0.2) is 0 Å². The van der Waals surface area contributed by atoms with E-state index >= 15 is 0 Å². The highest BCUT2D eigenvalue weighted by Crippen LogP contribution is 2.38. The highest BCUT2D eigenvalue weighted by molar-refractivity contribution is 6.32. The van der Waals surface area contributed by atoms with Crippen molar-refractivity contribution >= 4 is 17.5 Å². The van der Waals surface area contributed by atoms with Crippen LogP contribution in [0.5, 0.6) is 11.5 Å². The molecular weight excluding hydrogens is 318 g/mol. The van der Waals surface area contributed by atoms with E-state index in [-0.39, 0.29) is 18.1 Å². The molecule has 0 aromatic heterocycles. The molecule has 1 aromatic carbocycles. The first-order valence-corrected chi connectivity index (χ1v) is 8.59. The van der Waals surface area contributed by atoms with Crippen LogP contribution in [0.25, 0.3) is 0 Å². The van der Waals surface area contributed by atoms with Crippen LogP contribution >= 0.6 is 11.6 Å². The van der Waals surface area contributed by atoms with Crippen molar-refractivity contribution in [3.63, 3.8) is 0 Å². The van der Waals surface area contributed by atoms with Gasteiger partial charge >= 0.3 is 0 Å². The monoisotopic (exact) mass is 337 g/mol. The summed E-state index contributed by atoms with van der Waals surface area (Å²) in [5.41, 5.74) is 0.866. The number of fused-ring (bicyclic) bond motifs is 2. The molecule has 1 aromatic rings. The number of rotatable bonds is 2. The molecule has 1 aliphatic carbocycles. The van der Waals surface area contributed by atoms with Gasteiger partial charge in [0, 0.05) is 6.54 Å². The Kier molecular flexibility index (Phi) is 4.07. The first kappa shape index (κ1) is 15.1. The Hall–Kier alpha value is -1.46. The van der Waals surface area contributed by atoms with Gasteiger partial charge in [-0.15, -0.1) is 0 Å². The van der Waals surface area contributed by atoms with Crippen LogP contribution in [0.15, 0.2) is 12.1 Å². The van der Waals surface area contributed by atoms with Gasteiger partial charge in [0.05, 0.1) is 30.2 Å². The second-order valence-corrected chi connectivity index (χ2v) is 6.68. The lowest BCUT2D eigenvalue weighted by molar-refractivity contribution is -0.143. The predicted molar refractivity (Wildman–Crippen MR) is 85.2 cm³/mol. The summed E-state index contributed by atoms with van der Waals surface area (Å²) in [6.07, 6.45) is 3.79. The van der Waals surface area contributed by atoms with Crippen LogP contribution in [-0.4, -0.2) is 49.3 Å². The summed E-state index contributed by atoms with van der Waals surface area (Å²) in [4.78, 5) is 14.7. The van der Waals surface area contributed by atoms with Gasteiger partial charge in [-0.1, -0.05) is 11.6 Å². The fraction of sp³-hybridized carbons (Fsp3) is 0.588. The molecule has 0 radical (unpaired) electrons. The van der Waals surface area contributed by atoms with Gasteiger partial charge in [-0.2, -0.15) is 0 Å². The summed E-state index contributed by atoms with van der Waals surface area (Å²) in [5.74, 6) is 1.35. The van der Waals surface area contributed by atoms with E-state index in [2.05, 4.69) is 0 Å². The predicted octanol–water partition coefficient (Wildman–Crippen LogP) is 2.43. The van der Waals surface area contributed by atoms with Gasteiger partial charge in [0.1, 0.15) is 13.2 Å². The normalized spacial score (nSPS) is 26.0. The van der Waals surface area contributed by atoms with Crippen LogP contribution in [0.3, 0.4) is 0 Å². The summed E-state index contributed by atoms with van der Waals surface area (Å²) < 4.78 is 16.9. The zero-order chi connectivity index (χ0) is 15.8. The molecule has 4 rings (SSSR count). The smallest absolute Gasteiger partial charge is 0.227 e. The Balaban J connectivity index is 1.51. The fourth-order valence-electron chi connectivity index (χ4n) is 3.78. The molecule has 2 fully saturated rings. The molecule has 124 valence electrons. The summed E-state index contributed by atoms with van der Waals surface area (Å²) in [7, 11) is 0. The molecule has 5 nitrogen and oxygen atoms in total. The fourth-order valence-corrected chi connectivity index (χ4v) is 4.07. The lowest BCUT2D eigenvalue weighted by Crippen LogP contribution is -2.51. The lowest BCUT2D eigenvalue weighted by atomic mass is 10.1. The summed E-state index contributed by atoms with van der Waals surface area (Å²) in [5, 5.41) is 0.505. The maximum Gasteiger partial charge on any atom is 0.227 e. The third kappa shape index (κ3) is 2.88. The molecule has 1 saturated carbocycles. The summed E-state index contributed by atoms with van der Waals surface area (Å²) >= 11 is 6.26. The number of nitrogens with zero attached hydrogens (tertiary/aromatic N) is 1. The van der Waals surface area contributed by atoms with E-state index in [4.69, 9.17) is 25.8 Å². The van der Waals surface area contributed by atoms with Crippen molar-refractivity contribution in [1.82, 2.24) is 4.90 Å². The van der Waals surface area contributed by atoms with Gasteiger partial charge in [-0.3, -0.25) is 4.79 Å². The molecule has 1 saturated heterocycles. The van der Waals surface area contributed by atoms with E-state index in [0.717, 1.165) is 24.8 Å². The third-order valence-corrected chi connectivity index (χ3v) is 5.10. The Morgan fingerprint density at radius 2 is 2.09 bits per heavy atom. The number of halogens is 1. The van der Waals surface area contributed by atoms with E-state index in [1.54, 1.807) is 6.07 Å². The maximum absolute atomic E-state index is 12.7. The number of hydrogen-bond donors (Lipinski definition) is 0. The largest absolute Gasteiger partial charge is 0.486 e. The standard InChI is InChI=1S/C17H20ClNO4/c18-12-8-11(9-15-17(12)23-7-6-22-15)10-16(20)19-4-5-21-14-3-1-2-13(14)19/h8-9,13-14H,1-7,10H2. The second kappa shape index (κ2) is 6.21. The zero-order valence-electron chi connectivity index (χ0n) is 12.9. The molecule has 2 aliphatic heterocycles. The van der Waals surface area contributed by atoms with E-state index in [1.165, 1.54) is 0 Å². The average Bonchev–Trinajstić information content (AvgIpc) is 3.03. The Labute approximate surface area is 140 Å².